The van der Waals surface area contributed by atoms with Gasteiger partial charge in [-0.2, -0.15) is 0 Å². The van der Waals surface area contributed by atoms with Crippen LogP contribution in [0.1, 0.15) is 0 Å². The Labute approximate surface area is 114 Å². The second-order valence-electron chi connectivity index (χ2n) is 3.99. The molecule has 19 heavy (non-hydrogen) atoms. The lowest BCUT2D eigenvalue weighted by molar-refractivity contribution is 0.585. The molecule has 2 aromatic carbocycles. The van der Waals surface area contributed by atoms with E-state index >= 15 is 0 Å². The van der Waals surface area contributed by atoms with E-state index in [1.54, 1.807) is 0 Å². The molecule has 1 N–H and O–H groups in total. The van der Waals surface area contributed by atoms with E-state index < -0.39 is 17.5 Å². The number of nitrogens with zero attached hydrogens (tertiary/aromatic N) is 1. The molecule has 0 aliphatic carbocycles. The SMILES string of the molecule is Fc1ccc(-c2nc3cc(Br)c(F)cc3[nH]2)c(F)c1. The minimum Gasteiger partial charge on any atom is -0.338 e. The summed E-state index contributed by atoms with van der Waals surface area (Å²) in [6.07, 6.45) is 0. The van der Waals surface area contributed by atoms with Crippen LogP contribution in [0, 0.1) is 17.5 Å². The number of imidazole rings is 1. The van der Waals surface area contributed by atoms with Gasteiger partial charge in [0, 0.05) is 12.1 Å². The van der Waals surface area contributed by atoms with Crippen LogP contribution in [0.3, 0.4) is 0 Å². The zero-order valence-corrected chi connectivity index (χ0v) is 10.9. The third kappa shape index (κ3) is 2.12. The molecule has 1 aromatic heterocycles. The van der Waals surface area contributed by atoms with Gasteiger partial charge in [-0.15, -0.1) is 0 Å². The van der Waals surface area contributed by atoms with Gasteiger partial charge in [0.05, 0.1) is 21.1 Å². The van der Waals surface area contributed by atoms with E-state index in [1.165, 1.54) is 18.2 Å². The number of H-pyrrole nitrogens is 1. The number of hydrogen-bond donors (Lipinski definition) is 1. The summed E-state index contributed by atoms with van der Waals surface area (Å²) in [4.78, 5) is 6.97. The fraction of sp³-hybridized carbons (Fsp3) is 0. The summed E-state index contributed by atoms with van der Waals surface area (Å²) in [5.41, 5.74) is 1.07. The van der Waals surface area contributed by atoms with Crippen LogP contribution in [0.25, 0.3) is 22.4 Å². The lowest BCUT2D eigenvalue weighted by Crippen LogP contribution is -1.87. The predicted octanol–water partition coefficient (Wildman–Crippen LogP) is 4.41. The Morgan fingerprint density at radius 3 is 2.53 bits per heavy atom. The highest BCUT2D eigenvalue weighted by atomic mass is 79.9. The Bertz CT molecular complexity index is 744. The molecule has 0 atom stereocenters. The van der Waals surface area contributed by atoms with Gasteiger partial charge in [-0.1, -0.05) is 0 Å². The highest BCUT2D eigenvalue weighted by Gasteiger charge is 2.12. The number of rotatable bonds is 1. The third-order valence-electron chi connectivity index (χ3n) is 2.71. The maximum Gasteiger partial charge on any atom is 0.141 e. The van der Waals surface area contributed by atoms with E-state index in [4.69, 9.17) is 0 Å². The molecule has 3 aromatic rings. The summed E-state index contributed by atoms with van der Waals surface area (Å²) < 4.78 is 40.1. The van der Waals surface area contributed by atoms with Crippen LogP contribution in [-0.2, 0) is 0 Å². The number of halogens is 4. The number of fused-ring (bicyclic) bond motifs is 1. The van der Waals surface area contributed by atoms with Crippen LogP contribution >= 0.6 is 15.9 Å². The fourth-order valence-corrected chi connectivity index (χ4v) is 2.15. The van der Waals surface area contributed by atoms with Crippen molar-refractivity contribution >= 4 is 27.0 Å². The fourth-order valence-electron chi connectivity index (χ4n) is 1.81. The molecule has 0 aliphatic rings. The molecule has 0 unspecified atom stereocenters. The van der Waals surface area contributed by atoms with Crippen molar-refractivity contribution in [3.63, 3.8) is 0 Å². The average molecular weight is 327 g/mol. The molecule has 6 heteroatoms. The van der Waals surface area contributed by atoms with Gasteiger partial charge in [0.15, 0.2) is 0 Å². The van der Waals surface area contributed by atoms with E-state index in [1.807, 2.05) is 0 Å². The monoisotopic (exact) mass is 326 g/mol. The van der Waals surface area contributed by atoms with Crippen molar-refractivity contribution in [1.29, 1.82) is 0 Å². The maximum absolute atomic E-state index is 13.6. The summed E-state index contributed by atoms with van der Waals surface area (Å²) in [6.45, 7) is 0. The van der Waals surface area contributed by atoms with Crippen LogP contribution in [0.15, 0.2) is 34.8 Å². The number of nitrogens with one attached hydrogen (secondary N) is 1. The van der Waals surface area contributed by atoms with Crippen LogP contribution in [-0.4, -0.2) is 9.97 Å². The maximum atomic E-state index is 13.6. The normalized spacial score (nSPS) is 11.2. The molecular formula is C13H6BrF3N2. The van der Waals surface area contributed by atoms with Gasteiger partial charge in [-0.3, -0.25) is 0 Å². The second kappa shape index (κ2) is 4.38. The third-order valence-corrected chi connectivity index (χ3v) is 3.32. The van der Waals surface area contributed by atoms with E-state index in [0.29, 0.717) is 11.0 Å². The van der Waals surface area contributed by atoms with Crippen molar-refractivity contribution in [2.45, 2.75) is 0 Å². The second-order valence-corrected chi connectivity index (χ2v) is 4.85. The van der Waals surface area contributed by atoms with Gasteiger partial charge in [-0.25, -0.2) is 18.2 Å². The highest BCUT2D eigenvalue weighted by Crippen LogP contribution is 2.26. The van der Waals surface area contributed by atoms with Gasteiger partial charge >= 0.3 is 0 Å². The Balaban J connectivity index is 2.20. The first-order valence-electron chi connectivity index (χ1n) is 5.35. The lowest BCUT2D eigenvalue weighted by Gasteiger charge is -1.98. The minimum absolute atomic E-state index is 0.133. The summed E-state index contributed by atoms with van der Waals surface area (Å²) in [5.74, 6) is -1.60. The molecule has 0 amide bonds. The molecule has 3 rings (SSSR count). The molecule has 0 bridgehead atoms. The average Bonchev–Trinajstić information content (AvgIpc) is 2.72. The highest BCUT2D eigenvalue weighted by molar-refractivity contribution is 9.10. The molecule has 96 valence electrons. The molecule has 0 spiro atoms. The Morgan fingerprint density at radius 2 is 1.79 bits per heavy atom. The van der Waals surface area contributed by atoms with Crippen LogP contribution in [0.4, 0.5) is 13.2 Å². The van der Waals surface area contributed by atoms with Gasteiger partial charge < -0.3 is 4.98 Å². The Morgan fingerprint density at radius 1 is 1.00 bits per heavy atom. The topological polar surface area (TPSA) is 28.7 Å². The first kappa shape index (κ1) is 12.2. The van der Waals surface area contributed by atoms with Crippen LogP contribution < -0.4 is 0 Å². The first-order valence-corrected chi connectivity index (χ1v) is 6.14. The standard InChI is InChI=1S/C13H6BrF3N2/c14-8-4-11-12(5-10(8)17)19-13(18-11)7-2-1-6(15)3-9(7)16/h1-5H,(H,18,19). The van der Waals surface area contributed by atoms with Crippen molar-refractivity contribution in [3.05, 3.63) is 52.3 Å². The molecule has 2 nitrogen and oxygen atoms in total. The largest absolute Gasteiger partial charge is 0.338 e. The van der Waals surface area contributed by atoms with Crippen molar-refractivity contribution in [3.8, 4) is 11.4 Å². The number of benzene rings is 2. The lowest BCUT2D eigenvalue weighted by atomic mass is 10.2. The summed E-state index contributed by atoms with van der Waals surface area (Å²) in [5, 5.41) is 0. The number of aromatic nitrogens is 2. The van der Waals surface area contributed by atoms with E-state index in [0.717, 1.165) is 12.1 Å². The summed E-state index contributed by atoms with van der Waals surface area (Å²) in [6, 6.07) is 5.96. The minimum atomic E-state index is -0.724. The zero-order valence-electron chi connectivity index (χ0n) is 9.35. The molecule has 0 saturated carbocycles. The molecule has 0 radical (unpaired) electrons. The molecule has 0 saturated heterocycles. The van der Waals surface area contributed by atoms with Gasteiger partial charge in [0.1, 0.15) is 23.3 Å². The van der Waals surface area contributed by atoms with Crippen molar-refractivity contribution in [2.75, 3.05) is 0 Å². The number of hydrogen-bond acceptors (Lipinski definition) is 1. The van der Waals surface area contributed by atoms with Crippen LogP contribution in [0.5, 0.6) is 0 Å². The quantitative estimate of drug-likeness (QED) is 0.705. The van der Waals surface area contributed by atoms with E-state index in [9.17, 15) is 13.2 Å². The van der Waals surface area contributed by atoms with Gasteiger partial charge in [0.2, 0.25) is 0 Å². The Hall–Kier alpha value is -1.82. The smallest absolute Gasteiger partial charge is 0.141 e. The predicted molar refractivity (Wildman–Crippen MR) is 69.1 cm³/mol. The number of aromatic amines is 1. The molecule has 1 heterocycles. The van der Waals surface area contributed by atoms with Gasteiger partial charge in [0.25, 0.3) is 0 Å². The molecule has 0 fully saturated rings. The van der Waals surface area contributed by atoms with E-state index in [2.05, 4.69) is 25.9 Å². The first-order chi connectivity index (χ1) is 9.04. The summed E-state index contributed by atoms with van der Waals surface area (Å²) in [7, 11) is 0. The van der Waals surface area contributed by atoms with Crippen molar-refractivity contribution < 1.29 is 13.2 Å². The van der Waals surface area contributed by atoms with Crippen molar-refractivity contribution in [1.82, 2.24) is 9.97 Å². The van der Waals surface area contributed by atoms with Gasteiger partial charge in [-0.05, 0) is 34.1 Å². The van der Waals surface area contributed by atoms with Crippen molar-refractivity contribution in [2.24, 2.45) is 0 Å². The van der Waals surface area contributed by atoms with Crippen LogP contribution in [0.2, 0.25) is 0 Å². The summed E-state index contributed by atoms with van der Waals surface area (Å²) >= 11 is 3.05. The zero-order chi connectivity index (χ0) is 13.6. The molecule has 0 aliphatic heterocycles. The molecular weight excluding hydrogens is 321 g/mol. The van der Waals surface area contributed by atoms with E-state index in [-0.39, 0.29) is 15.9 Å². The Kier molecular flexibility index (Phi) is 2.82.